The van der Waals surface area contributed by atoms with Crippen LogP contribution in [0.15, 0.2) is 41.4 Å². The van der Waals surface area contributed by atoms with E-state index in [1.165, 1.54) is 25.6 Å². The number of fused-ring (bicyclic) bond motifs is 1. The molecule has 2 aromatic carbocycles. The van der Waals surface area contributed by atoms with Crippen LogP contribution >= 0.6 is 11.3 Å². The number of amides is 1. The second-order valence-electron chi connectivity index (χ2n) is 5.23. The van der Waals surface area contributed by atoms with E-state index in [2.05, 4.69) is 4.99 Å². The van der Waals surface area contributed by atoms with Gasteiger partial charge in [0.15, 0.2) is 4.80 Å². The Morgan fingerprint density at radius 2 is 1.72 bits per heavy atom. The molecule has 0 N–H and O–H groups in total. The number of thiazole rings is 1. The number of methoxy groups -OCH3 is 3. The van der Waals surface area contributed by atoms with E-state index in [-0.39, 0.29) is 0 Å². The highest BCUT2D eigenvalue weighted by Gasteiger charge is 2.18. The van der Waals surface area contributed by atoms with Gasteiger partial charge < -0.3 is 18.8 Å². The first kappa shape index (κ1) is 17.0. The van der Waals surface area contributed by atoms with E-state index >= 15 is 0 Å². The van der Waals surface area contributed by atoms with E-state index < -0.39 is 5.91 Å². The second-order valence-corrected chi connectivity index (χ2v) is 6.24. The molecule has 0 saturated carbocycles. The van der Waals surface area contributed by atoms with Gasteiger partial charge in [-0.2, -0.15) is 4.99 Å². The number of ether oxygens (including phenoxy) is 3. The molecule has 0 spiro atoms. The van der Waals surface area contributed by atoms with E-state index in [0.717, 1.165) is 16.0 Å². The number of carbonyl (C=O) groups excluding carboxylic acids is 1. The molecule has 7 heteroatoms. The third-order valence-electron chi connectivity index (χ3n) is 3.86. The van der Waals surface area contributed by atoms with Crippen LogP contribution in [0.25, 0.3) is 10.2 Å². The van der Waals surface area contributed by atoms with Crippen LogP contribution in [0.1, 0.15) is 10.4 Å². The molecule has 25 heavy (non-hydrogen) atoms. The molecule has 0 aliphatic heterocycles. The minimum absolute atomic E-state index is 0.308. The first-order valence-electron chi connectivity index (χ1n) is 7.52. The van der Waals surface area contributed by atoms with Crippen LogP contribution in [0, 0.1) is 0 Å². The van der Waals surface area contributed by atoms with Crippen molar-refractivity contribution < 1.29 is 19.0 Å². The maximum Gasteiger partial charge on any atom is 0.287 e. The van der Waals surface area contributed by atoms with E-state index in [0.29, 0.717) is 21.9 Å². The molecular weight excluding hydrogens is 340 g/mol. The van der Waals surface area contributed by atoms with Crippen molar-refractivity contribution in [1.29, 1.82) is 0 Å². The van der Waals surface area contributed by atoms with Crippen LogP contribution in [-0.2, 0) is 7.05 Å². The molecule has 1 heterocycles. The van der Waals surface area contributed by atoms with Crippen molar-refractivity contribution in [3.63, 3.8) is 0 Å². The van der Waals surface area contributed by atoms with Gasteiger partial charge in [0.2, 0.25) is 0 Å². The zero-order chi connectivity index (χ0) is 18.0. The highest BCUT2D eigenvalue weighted by Crippen LogP contribution is 2.29. The third kappa shape index (κ3) is 3.10. The Morgan fingerprint density at radius 3 is 2.32 bits per heavy atom. The van der Waals surface area contributed by atoms with E-state index in [4.69, 9.17) is 14.2 Å². The fraction of sp³-hybridized carbons (Fsp3) is 0.222. The van der Waals surface area contributed by atoms with E-state index in [1.807, 2.05) is 29.8 Å². The summed E-state index contributed by atoms with van der Waals surface area (Å²) in [5.41, 5.74) is 1.28. The normalized spacial score (nSPS) is 11.6. The number of nitrogens with zero attached hydrogens (tertiary/aromatic N) is 2. The van der Waals surface area contributed by atoms with Gasteiger partial charge in [0.25, 0.3) is 5.91 Å². The van der Waals surface area contributed by atoms with Crippen molar-refractivity contribution in [2.45, 2.75) is 0 Å². The van der Waals surface area contributed by atoms with Gasteiger partial charge in [0, 0.05) is 7.05 Å². The summed E-state index contributed by atoms with van der Waals surface area (Å²) in [6.07, 6.45) is 0. The predicted molar refractivity (Wildman–Crippen MR) is 96.8 cm³/mol. The lowest BCUT2D eigenvalue weighted by Crippen LogP contribution is -2.14. The van der Waals surface area contributed by atoms with Crippen LogP contribution in [0.3, 0.4) is 0 Å². The molecule has 1 amide bonds. The van der Waals surface area contributed by atoms with Gasteiger partial charge in [-0.3, -0.25) is 4.79 Å². The summed E-state index contributed by atoms with van der Waals surface area (Å²) < 4.78 is 18.7. The molecular formula is C18H18N2O4S. The van der Waals surface area contributed by atoms with Crippen LogP contribution < -0.4 is 19.0 Å². The molecule has 130 valence electrons. The smallest absolute Gasteiger partial charge is 0.287 e. The van der Waals surface area contributed by atoms with Crippen molar-refractivity contribution >= 4 is 27.5 Å². The van der Waals surface area contributed by atoms with E-state index in [1.54, 1.807) is 25.3 Å². The predicted octanol–water partition coefficient (Wildman–Crippen LogP) is 3.01. The molecule has 0 aliphatic carbocycles. The van der Waals surface area contributed by atoms with Gasteiger partial charge >= 0.3 is 0 Å². The zero-order valence-electron chi connectivity index (χ0n) is 14.4. The quantitative estimate of drug-likeness (QED) is 0.719. The van der Waals surface area contributed by atoms with Crippen LogP contribution in [-0.4, -0.2) is 31.8 Å². The summed E-state index contributed by atoms with van der Waals surface area (Å²) in [6.45, 7) is 0. The third-order valence-corrected chi connectivity index (χ3v) is 4.95. The Morgan fingerprint density at radius 1 is 1.04 bits per heavy atom. The second kappa shape index (κ2) is 6.98. The number of hydrogen-bond donors (Lipinski definition) is 0. The van der Waals surface area contributed by atoms with E-state index in [9.17, 15) is 4.79 Å². The van der Waals surface area contributed by atoms with Gasteiger partial charge in [-0.1, -0.05) is 17.4 Å². The molecule has 0 fully saturated rings. The summed E-state index contributed by atoms with van der Waals surface area (Å²) in [5, 5.41) is 0. The van der Waals surface area contributed by atoms with Crippen LogP contribution in [0.4, 0.5) is 0 Å². The average Bonchev–Trinajstić information content (AvgIpc) is 2.95. The number of hydrogen-bond acceptors (Lipinski definition) is 5. The Balaban J connectivity index is 2.14. The molecule has 1 aromatic heterocycles. The summed E-state index contributed by atoms with van der Waals surface area (Å²) in [4.78, 5) is 17.6. The molecule has 0 unspecified atom stereocenters. The number of aromatic nitrogens is 1. The molecule has 0 aliphatic rings. The van der Waals surface area contributed by atoms with Gasteiger partial charge in [0.05, 0.1) is 31.5 Å². The highest BCUT2D eigenvalue weighted by molar-refractivity contribution is 7.16. The van der Waals surface area contributed by atoms with Crippen molar-refractivity contribution in [2.24, 2.45) is 12.0 Å². The lowest BCUT2D eigenvalue weighted by atomic mass is 10.1. The maximum absolute atomic E-state index is 12.8. The average molecular weight is 358 g/mol. The number of benzene rings is 2. The van der Waals surface area contributed by atoms with Crippen molar-refractivity contribution in [3.8, 4) is 17.2 Å². The standard InChI is InChI=1S/C18H18N2O4S/c1-20-12-9-8-11(22-2)10-15(12)25-18(20)19-17(21)16-13(23-3)6-5-7-14(16)24-4/h5-10H,1-4H3. The maximum atomic E-state index is 12.8. The lowest BCUT2D eigenvalue weighted by Gasteiger charge is -2.09. The first-order valence-corrected chi connectivity index (χ1v) is 8.34. The van der Waals surface area contributed by atoms with Crippen molar-refractivity contribution in [2.75, 3.05) is 21.3 Å². The number of carbonyl (C=O) groups is 1. The highest BCUT2D eigenvalue weighted by atomic mass is 32.1. The lowest BCUT2D eigenvalue weighted by molar-refractivity contribution is 0.0992. The molecule has 0 radical (unpaired) electrons. The minimum Gasteiger partial charge on any atom is -0.497 e. The fourth-order valence-corrected chi connectivity index (χ4v) is 3.60. The van der Waals surface area contributed by atoms with Gasteiger partial charge in [-0.25, -0.2) is 0 Å². The largest absolute Gasteiger partial charge is 0.497 e. The summed E-state index contributed by atoms with van der Waals surface area (Å²) >= 11 is 1.42. The van der Waals surface area contributed by atoms with Gasteiger partial charge in [0.1, 0.15) is 22.8 Å². The Kier molecular flexibility index (Phi) is 4.76. The fourth-order valence-electron chi connectivity index (χ4n) is 2.55. The van der Waals surface area contributed by atoms with Gasteiger partial charge in [-0.15, -0.1) is 0 Å². The molecule has 6 nitrogen and oxygen atoms in total. The van der Waals surface area contributed by atoms with Crippen LogP contribution in [0.5, 0.6) is 17.2 Å². The monoisotopic (exact) mass is 358 g/mol. The number of rotatable bonds is 4. The SMILES string of the molecule is COc1ccc2c(c1)sc(=NC(=O)c1c(OC)cccc1OC)n2C. The van der Waals surface area contributed by atoms with Crippen LogP contribution in [0.2, 0.25) is 0 Å². The Labute approximate surface area is 148 Å². The number of aryl methyl sites for hydroxylation is 1. The first-order chi connectivity index (χ1) is 12.1. The summed E-state index contributed by atoms with van der Waals surface area (Å²) in [5.74, 6) is 1.21. The summed E-state index contributed by atoms with van der Waals surface area (Å²) in [7, 11) is 6.52. The molecule has 3 aromatic rings. The van der Waals surface area contributed by atoms with Crippen molar-refractivity contribution in [3.05, 3.63) is 46.8 Å². The minimum atomic E-state index is -0.413. The molecule has 0 bridgehead atoms. The Hall–Kier alpha value is -2.80. The molecule has 0 saturated heterocycles. The van der Waals surface area contributed by atoms with Gasteiger partial charge in [-0.05, 0) is 30.3 Å². The topological polar surface area (TPSA) is 62.1 Å². The van der Waals surface area contributed by atoms with Crippen molar-refractivity contribution in [1.82, 2.24) is 4.57 Å². The summed E-state index contributed by atoms with van der Waals surface area (Å²) in [6, 6.07) is 10.9. The Bertz CT molecular complexity index is 982. The molecule has 0 atom stereocenters. The zero-order valence-corrected chi connectivity index (χ0v) is 15.2. The molecule has 3 rings (SSSR count).